The first kappa shape index (κ1) is 32.3. The van der Waals surface area contributed by atoms with Crippen LogP contribution in [0.2, 0.25) is 0 Å². The molecule has 1 aromatic rings. The number of carbonyl (C=O) groups excluding carboxylic acids is 2. The zero-order valence-corrected chi connectivity index (χ0v) is 25.7. The van der Waals surface area contributed by atoms with Crippen molar-refractivity contribution in [3.63, 3.8) is 0 Å². The summed E-state index contributed by atoms with van der Waals surface area (Å²) < 4.78 is 30.5. The van der Waals surface area contributed by atoms with Crippen LogP contribution < -0.4 is 0 Å². The van der Waals surface area contributed by atoms with Gasteiger partial charge >= 0.3 is 11.9 Å². The molecule has 1 aromatic carbocycles. The summed E-state index contributed by atoms with van der Waals surface area (Å²) >= 11 is 0. The largest absolute Gasteiger partial charge is 0.508 e. The zero-order valence-electron chi connectivity index (χ0n) is 25.7. The minimum atomic E-state index is -1.74. The van der Waals surface area contributed by atoms with E-state index in [0.717, 1.165) is 5.56 Å². The lowest BCUT2D eigenvalue weighted by Gasteiger charge is -2.57. The number of carbonyl (C=O) groups is 2. The van der Waals surface area contributed by atoms with Gasteiger partial charge in [-0.1, -0.05) is 39.8 Å². The van der Waals surface area contributed by atoms with Crippen LogP contribution in [0.15, 0.2) is 35.6 Å². The fraction of sp³-hybridized carbons (Fsp3) is 0.688. The Balaban J connectivity index is 1.67. The number of cyclic esters (lactones) is 1. The maximum Gasteiger partial charge on any atom is 0.343 e. The maximum atomic E-state index is 13.1. The van der Waals surface area contributed by atoms with Crippen LogP contribution in [0, 0.1) is 17.3 Å². The molecule has 0 radical (unpaired) electrons. The van der Waals surface area contributed by atoms with E-state index in [0.29, 0.717) is 24.8 Å². The smallest absolute Gasteiger partial charge is 0.343 e. The topological polar surface area (TPSA) is 141 Å². The fourth-order valence-electron chi connectivity index (χ4n) is 6.64. The summed E-state index contributed by atoms with van der Waals surface area (Å²) in [5.74, 6) is -2.93. The number of methoxy groups -OCH3 is 1. The molecular formula is C32H46O10. The highest BCUT2D eigenvalue weighted by Crippen LogP contribution is 2.54. The second-order valence-electron chi connectivity index (χ2n) is 12.9. The Morgan fingerprint density at radius 2 is 1.86 bits per heavy atom. The number of aromatic hydroxyl groups is 1. The third kappa shape index (κ3) is 6.46. The molecule has 234 valence electrons. The van der Waals surface area contributed by atoms with Gasteiger partial charge in [0.05, 0.1) is 31.2 Å². The van der Waals surface area contributed by atoms with E-state index in [1.165, 1.54) is 6.92 Å². The van der Waals surface area contributed by atoms with Crippen molar-refractivity contribution < 1.29 is 48.6 Å². The number of hydrogen-bond donors (Lipinski definition) is 3. The van der Waals surface area contributed by atoms with Crippen LogP contribution in [0.5, 0.6) is 5.75 Å². The lowest BCUT2D eigenvalue weighted by Crippen LogP contribution is -2.63. The number of aliphatic hydroxyl groups is 2. The van der Waals surface area contributed by atoms with E-state index in [2.05, 4.69) is 6.92 Å². The standard InChI is InChI=1S/C32H46O10/c1-17(11-12-23(38-7)21-9-8-10-22(34)13-21)28-19(3)25-16-32(41-28)31(5,6)15-18(2)29(42-32)27(36)30(37)40-24(20(4)33)14-26(35)39-25/h8-10,13,17,19-20,23-25,27-28,33-34,36H,11-12,14-16H2,1-7H3/t17-,19-,20+,23-,24+,25-,27+,28+,32-/m0/s1. The number of phenolic OH excluding ortho intramolecular Hbond substituents is 1. The van der Waals surface area contributed by atoms with E-state index in [1.807, 2.05) is 26.8 Å². The molecule has 10 heteroatoms. The van der Waals surface area contributed by atoms with Crippen molar-refractivity contribution in [1.82, 2.24) is 0 Å². The molecular weight excluding hydrogens is 544 g/mol. The number of allylic oxidation sites excluding steroid dienone is 1. The number of ether oxygens (including phenoxy) is 5. The quantitative estimate of drug-likeness (QED) is 0.394. The molecule has 0 unspecified atom stereocenters. The molecule has 10 nitrogen and oxygen atoms in total. The maximum absolute atomic E-state index is 13.1. The van der Waals surface area contributed by atoms with Gasteiger partial charge in [0.2, 0.25) is 11.9 Å². The summed E-state index contributed by atoms with van der Waals surface area (Å²) in [6.45, 7) is 11.3. The number of hydrogen-bond acceptors (Lipinski definition) is 10. The number of phenols is 1. The summed E-state index contributed by atoms with van der Waals surface area (Å²) in [6, 6.07) is 7.01. The van der Waals surface area contributed by atoms with Crippen molar-refractivity contribution in [1.29, 1.82) is 0 Å². The first-order valence-electron chi connectivity index (χ1n) is 14.8. The number of esters is 2. The molecule has 9 atom stereocenters. The molecule has 0 aliphatic carbocycles. The first-order chi connectivity index (χ1) is 19.7. The Morgan fingerprint density at radius 1 is 1.14 bits per heavy atom. The molecule has 2 saturated heterocycles. The summed E-state index contributed by atoms with van der Waals surface area (Å²) in [5, 5.41) is 31.2. The number of fused-ring (bicyclic) bond motifs is 2. The van der Waals surface area contributed by atoms with Gasteiger partial charge in [-0.25, -0.2) is 4.79 Å². The van der Waals surface area contributed by atoms with Gasteiger partial charge in [-0.3, -0.25) is 4.79 Å². The minimum absolute atomic E-state index is 0.0313. The van der Waals surface area contributed by atoms with Gasteiger partial charge < -0.3 is 39.0 Å². The Kier molecular flexibility index (Phi) is 9.62. The highest BCUT2D eigenvalue weighted by Gasteiger charge is 2.60. The van der Waals surface area contributed by atoms with Gasteiger partial charge in [0.1, 0.15) is 23.7 Å². The molecule has 0 aromatic heterocycles. The lowest BCUT2D eigenvalue weighted by atomic mass is 9.69. The van der Waals surface area contributed by atoms with Gasteiger partial charge in [-0.2, -0.15) is 0 Å². The van der Waals surface area contributed by atoms with Crippen LogP contribution in [-0.2, 0) is 33.3 Å². The van der Waals surface area contributed by atoms with E-state index in [4.69, 9.17) is 23.7 Å². The second-order valence-corrected chi connectivity index (χ2v) is 12.9. The highest BCUT2D eigenvalue weighted by atomic mass is 16.7. The van der Waals surface area contributed by atoms with Gasteiger partial charge in [0.15, 0.2) is 0 Å². The van der Waals surface area contributed by atoms with Crippen molar-refractivity contribution in [2.24, 2.45) is 17.3 Å². The summed E-state index contributed by atoms with van der Waals surface area (Å²) in [4.78, 5) is 26.1. The summed E-state index contributed by atoms with van der Waals surface area (Å²) in [6.07, 6.45) is -3.65. The molecule has 42 heavy (non-hydrogen) atoms. The number of rotatable bonds is 7. The zero-order chi connectivity index (χ0) is 31.0. The molecule has 2 fully saturated rings. The van der Waals surface area contributed by atoms with Crippen LogP contribution in [0.3, 0.4) is 0 Å². The number of aliphatic hydroxyl groups excluding tert-OH is 2. The van der Waals surface area contributed by atoms with Crippen molar-refractivity contribution in [2.75, 3.05) is 7.11 Å². The van der Waals surface area contributed by atoms with Crippen molar-refractivity contribution >= 4 is 11.9 Å². The Morgan fingerprint density at radius 3 is 2.50 bits per heavy atom. The molecule has 0 saturated carbocycles. The SMILES string of the molecule is CO[C@@H](CC[C@H](C)[C@H]1O[C@]23C[C@H](OC(=O)C[C@H]([C@@H](C)O)OC(=O)[C@H](O)C(=C(C)CC2(C)C)O3)[C@@H]1C)c1cccc(O)c1. The predicted molar refractivity (Wildman–Crippen MR) is 152 cm³/mol. The average molecular weight is 591 g/mol. The number of benzene rings is 1. The van der Waals surface area contributed by atoms with Crippen LogP contribution in [0.1, 0.15) is 85.3 Å². The van der Waals surface area contributed by atoms with Crippen LogP contribution in [-0.4, -0.2) is 70.7 Å². The first-order valence-corrected chi connectivity index (χ1v) is 14.8. The van der Waals surface area contributed by atoms with Gasteiger partial charge in [-0.05, 0) is 62.3 Å². The van der Waals surface area contributed by atoms with Gasteiger partial charge in [0, 0.05) is 18.4 Å². The van der Waals surface area contributed by atoms with Crippen molar-refractivity contribution in [3.8, 4) is 5.75 Å². The van der Waals surface area contributed by atoms with Crippen molar-refractivity contribution in [2.45, 2.75) is 116 Å². The normalized spacial score (nSPS) is 33.7. The fourth-order valence-corrected chi connectivity index (χ4v) is 6.64. The van der Waals surface area contributed by atoms with E-state index in [9.17, 15) is 24.9 Å². The molecule has 3 bridgehead atoms. The lowest BCUT2D eigenvalue weighted by molar-refractivity contribution is -0.354. The summed E-state index contributed by atoms with van der Waals surface area (Å²) in [5.41, 5.74) is 0.960. The molecule has 3 aliphatic rings. The molecule has 3 N–H and O–H groups in total. The van der Waals surface area contributed by atoms with Gasteiger partial charge in [-0.15, -0.1) is 0 Å². The Labute approximate surface area is 247 Å². The monoisotopic (exact) mass is 590 g/mol. The third-order valence-corrected chi connectivity index (χ3v) is 9.23. The van der Waals surface area contributed by atoms with E-state index < -0.39 is 53.7 Å². The van der Waals surface area contributed by atoms with Gasteiger partial charge in [0.25, 0.3) is 0 Å². The van der Waals surface area contributed by atoms with Crippen molar-refractivity contribution in [3.05, 3.63) is 41.2 Å². The molecule has 0 amide bonds. The summed E-state index contributed by atoms with van der Waals surface area (Å²) in [7, 11) is 1.64. The molecule has 4 rings (SSSR count). The molecule has 3 aliphatic heterocycles. The Hall–Kier alpha value is -2.66. The molecule has 3 heterocycles. The average Bonchev–Trinajstić information content (AvgIpc) is 2.91. The van der Waals surface area contributed by atoms with Crippen LogP contribution in [0.25, 0.3) is 0 Å². The van der Waals surface area contributed by atoms with Crippen LogP contribution >= 0.6 is 0 Å². The third-order valence-electron chi connectivity index (χ3n) is 9.23. The van der Waals surface area contributed by atoms with Crippen LogP contribution in [0.4, 0.5) is 0 Å². The highest BCUT2D eigenvalue weighted by molar-refractivity contribution is 5.79. The predicted octanol–water partition coefficient (Wildman–Crippen LogP) is 4.31. The van der Waals surface area contributed by atoms with E-state index >= 15 is 0 Å². The molecule has 1 spiro atoms. The van der Waals surface area contributed by atoms with E-state index in [1.54, 1.807) is 32.2 Å². The second kappa shape index (κ2) is 12.5. The Bertz CT molecular complexity index is 1180. The minimum Gasteiger partial charge on any atom is -0.508 e. The van der Waals surface area contributed by atoms with E-state index in [-0.39, 0.29) is 42.3 Å².